The Bertz CT molecular complexity index is 582. The van der Waals surface area contributed by atoms with E-state index in [0.717, 1.165) is 0 Å². The first-order valence-electron chi connectivity index (χ1n) is 6.90. The molecule has 0 atom stereocenters. The molecule has 0 bridgehead atoms. The highest BCUT2D eigenvalue weighted by Crippen LogP contribution is 2.15. The molecule has 1 rings (SSSR count). The largest absolute Gasteiger partial charge is 0.453 e. The molecule has 1 amide bonds. The molecule has 0 aromatic heterocycles. The third-order valence-corrected chi connectivity index (χ3v) is 2.71. The maximum Gasteiger partial charge on any atom is 0.411 e. The van der Waals surface area contributed by atoms with Gasteiger partial charge in [-0.3, -0.25) is 4.90 Å². The second kappa shape index (κ2) is 7.81. The second-order valence-electron chi connectivity index (χ2n) is 5.89. The van der Waals surface area contributed by atoms with Crippen LogP contribution in [0.2, 0.25) is 0 Å². The number of methoxy groups -OCH3 is 2. The highest BCUT2D eigenvalue weighted by molar-refractivity contribution is 5.67. The van der Waals surface area contributed by atoms with Gasteiger partial charge in [0.25, 0.3) is 0 Å². The van der Waals surface area contributed by atoms with Gasteiger partial charge < -0.3 is 9.47 Å². The molecule has 0 heterocycles. The molecule has 0 aliphatic carbocycles. The van der Waals surface area contributed by atoms with Crippen molar-refractivity contribution in [3.8, 4) is 11.8 Å². The van der Waals surface area contributed by atoms with Crippen molar-refractivity contribution in [2.75, 3.05) is 21.0 Å². The van der Waals surface area contributed by atoms with E-state index < -0.39 is 11.9 Å². The molecule has 0 radical (unpaired) electrons. The maximum atomic E-state index is 13.9. The first-order valence-corrected chi connectivity index (χ1v) is 6.90. The number of benzene rings is 1. The fourth-order valence-corrected chi connectivity index (χ4v) is 1.69. The highest BCUT2D eigenvalue weighted by atomic mass is 19.1. The number of amides is 1. The average Bonchev–Trinajstić information content (AvgIpc) is 2.45. The van der Waals surface area contributed by atoms with Crippen LogP contribution >= 0.6 is 0 Å². The first-order chi connectivity index (χ1) is 10.3. The molecule has 5 heteroatoms. The van der Waals surface area contributed by atoms with Crippen LogP contribution in [0.1, 0.15) is 31.9 Å². The van der Waals surface area contributed by atoms with Crippen molar-refractivity contribution in [3.05, 3.63) is 35.1 Å². The van der Waals surface area contributed by atoms with Crippen LogP contribution in [0.15, 0.2) is 18.2 Å². The fraction of sp³-hybridized carbons (Fsp3) is 0.471. The monoisotopic (exact) mass is 307 g/mol. The van der Waals surface area contributed by atoms with E-state index in [1.54, 1.807) is 12.1 Å². The number of halogens is 1. The molecule has 4 nitrogen and oxygen atoms in total. The SMILES string of the molecule is COCN(Cc1cc(C#CC(C)(C)C)ccc1F)C(=O)OC. The molecular weight excluding hydrogens is 285 g/mol. The zero-order valence-electron chi connectivity index (χ0n) is 13.7. The number of carbonyl (C=O) groups excluding carboxylic acids is 1. The Morgan fingerprint density at radius 1 is 1.32 bits per heavy atom. The van der Waals surface area contributed by atoms with Crippen molar-refractivity contribution in [1.29, 1.82) is 0 Å². The van der Waals surface area contributed by atoms with Crippen LogP contribution in [0.4, 0.5) is 9.18 Å². The molecular formula is C17H22FNO3. The van der Waals surface area contributed by atoms with Crippen molar-refractivity contribution in [3.63, 3.8) is 0 Å². The van der Waals surface area contributed by atoms with Gasteiger partial charge in [-0.1, -0.05) is 11.8 Å². The summed E-state index contributed by atoms with van der Waals surface area (Å²) in [6.45, 7) is 6.08. The van der Waals surface area contributed by atoms with Gasteiger partial charge in [0.2, 0.25) is 0 Å². The Kier molecular flexibility index (Phi) is 6.39. The lowest BCUT2D eigenvalue weighted by Crippen LogP contribution is -2.32. The smallest absolute Gasteiger partial charge is 0.411 e. The van der Waals surface area contributed by atoms with Gasteiger partial charge >= 0.3 is 6.09 Å². The lowest BCUT2D eigenvalue weighted by molar-refractivity contribution is 0.0462. The third-order valence-electron chi connectivity index (χ3n) is 2.71. The zero-order chi connectivity index (χ0) is 16.8. The van der Waals surface area contributed by atoms with E-state index >= 15 is 0 Å². The maximum absolute atomic E-state index is 13.9. The average molecular weight is 307 g/mol. The highest BCUT2D eigenvalue weighted by Gasteiger charge is 2.16. The number of carbonyl (C=O) groups is 1. The van der Waals surface area contributed by atoms with Crippen LogP contribution in [0.3, 0.4) is 0 Å². The van der Waals surface area contributed by atoms with E-state index in [1.165, 1.54) is 25.2 Å². The summed E-state index contributed by atoms with van der Waals surface area (Å²) in [4.78, 5) is 12.9. The zero-order valence-corrected chi connectivity index (χ0v) is 13.7. The third kappa shape index (κ3) is 5.74. The lowest BCUT2D eigenvalue weighted by atomic mass is 9.97. The van der Waals surface area contributed by atoms with Gasteiger partial charge in [-0.15, -0.1) is 0 Å². The summed E-state index contributed by atoms with van der Waals surface area (Å²) in [5.41, 5.74) is 0.930. The Labute approximate surface area is 131 Å². The summed E-state index contributed by atoms with van der Waals surface area (Å²) in [5, 5.41) is 0. The number of nitrogens with zero attached hydrogens (tertiary/aromatic N) is 1. The van der Waals surface area contributed by atoms with E-state index in [0.29, 0.717) is 11.1 Å². The molecule has 22 heavy (non-hydrogen) atoms. The van der Waals surface area contributed by atoms with Crippen molar-refractivity contribution >= 4 is 6.09 Å². The standard InChI is InChI=1S/C17H22FNO3/c1-17(2,3)9-8-13-6-7-15(18)14(10-13)11-19(12-21-4)16(20)22-5/h6-7,10H,11-12H2,1-5H3. The molecule has 0 aliphatic heterocycles. The molecule has 0 aliphatic rings. The van der Waals surface area contributed by atoms with Crippen molar-refractivity contribution in [2.24, 2.45) is 5.41 Å². The van der Waals surface area contributed by atoms with Crippen molar-refractivity contribution in [1.82, 2.24) is 4.90 Å². The quantitative estimate of drug-likeness (QED) is 0.632. The van der Waals surface area contributed by atoms with Gasteiger partial charge in [0, 0.05) is 23.7 Å². The minimum absolute atomic E-state index is 0.0179. The number of rotatable bonds is 4. The Morgan fingerprint density at radius 3 is 2.55 bits per heavy atom. The molecule has 1 aromatic carbocycles. The van der Waals surface area contributed by atoms with E-state index in [9.17, 15) is 9.18 Å². The Balaban J connectivity index is 3.02. The minimum atomic E-state index is -0.576. The number of ether oxygens (including phenoxy) is 2. The van der Waals surface area contributed by atoms with E-state index in [1.807, 2.05) is 20.8 Å². The fourth-order valence-electron chi connectivity index (χ4n) is 1.69. The summed E-state index contributed by atoms with van der Waals surface area (Å²) in [6, 6.07) is 4.61. The van der Waals surface area contributed by atoms with Crippen molar-refractivity contribution in [2.45, 2.75) is 27.3 Å². The Morgan fingerprint density at radius 2 is 2.00 bits per heavy atom. The lowest BCUT2D eigenvalue weighted by Gasteiger charge is -2.20. The summed E-state index contributed by atoms with van der Waals surface area (Å²) < 4.78 is 23.5. The number of hydrogen-bond acceptors (Lipinski definition) is 3. The molecule has 0 spiro atoms. The van der Waals surface area contributed by atoms with Crippen LogP contribution in [-0.4, -0.2) is 31.9 Å². The second-order valence-corrected chi connectivity index (χ2v) is 5.89. The molecule has 1 aromatic rings. The van der Waals surface area contributed by atoms with Gasteiger partial charge in [0.1, 0.15) is 12.5 Å². The number of hydrogen-bond donors (Lipinski definition) is 0. The molecule has 120 valence electrons. The summed E-state index contributed by atoms with van der Waals surface area (Å²) in [7, 11) is 2.73. The van der Waals surface area contributed by atoms with E-state index in [4.69, 9.17) is 4.74 Å². The predicted molar refractivity (Wildman–Crippen MR) is 82.6 cm³/mol. The topological polar surface area (TPSA) is 38.8 Å². The van der Waals surface area contributed by atoms with Gasteiger partial charge in [0.05, 0.1) is 13.7 Å². The van der Waals surface area contributed by atoms with Crippen LogP contribution in [0.5, 0.6) is 0 Å². The van der Waals surface area contributed by atoms with Crippen LogP contribution in [0.25, 0.3) is 0 Å². The van der Waals surface area contributed by atoms with E-state index in [2.05, 4.69) is 16.6 Å². The Hall–Kier alpha value is -2.06. The summed E-state index contributed by atoms with van der Waals surface area (Å²) >= 11 is 0. The summed E-state index contributed by atoms with van der Waals surface area (Å²) in [5.74, 6) is 5.72. The van der Waals surface area contributed by atoms with Crippen molar-refractivity contribution < 1.29 is 18.7 Å². The normalized spacial score (nSPS) is 10.6. The van der Waals surface area contributed by atoms with Gasteiger partial charge in [-0.2, -0.15) is 0 Å². The predicted octanol–water partition coefficient (Wildman–Crippen LogP) is 3.40. The van der Waals surface area contributed by atoms with Crippen LogP contribution < -0.4 is 0 Å². The van der Waals surface area contributed by atoms with Gasteiger partial charge in [0.15, 0.2) is 0 Å². The minimum Gasteiger partial charge on any atom is -0.453 e. The molecule has 0 N–H and O–H groups in total. The molecule has 0 fully saturated rings. The molecule has 0 unspecified atom stereocenters. The molecule has 0 saturated heterocycles. The summed E-state index contributed by atoms with van der Waals surface area (Å²) in [6.07, 6.45) is -0.576. The molecule has 0 saturated carbocycles. The van der Waals surface area contributed by atoms with E-state index in [-0.39, 0.29) is 18.7 Å². The van der Waals surface area contributed by atoms with Gasteiger partial charge in [-0.05, 0) is 39.0 Å². The van der Waals surface area contributed by atoms with Crippen LogP contribution in [-0.2, 0) is 16.0 Å². The van der Waals surface area contributed by atoms with Crippen LogP contribution in [0, 0.1) is 23.1 Å². The first kappa shape index (κ1) is 18.0. The van der Waals surface area contributed by atoms with Gasteiger partial charge in [-0.25, -0.2) is 9.18 Å².